The minimum Gasteiger partial charge on any atom is -0.394 e. The average Bonchev–Trinajstić information content (AvgIpc) is 2.19. The number of hydrogen-bond donors (Lipinski definition) is 4. The van der Waals surface area contributed by atoms with E-state index in [0.29, 0.717) is 0 Å². The van der Waals surface area contributed by atoms with Gasteiger partial charge in [-0.25, -0.2) is 0 Å². The van der Waals surface area contributed by atoms with Gasteiger partial charge in [-0.15, -0.1) is 0 Å². The Bertz CT molecular complexity index is 242. The summed E-state index contributed by atoms with van der Waals surface area (Å²) >= 11 is 0. The summed E-state index contributed by atoms with van der Waals surface area (Å²) in [5, 5.41) is 30.7. The summed E-state index contributed by atoms with van der Waals surface area (Å²) in [5.74, 6) is 0. The predicted molar refractivity (Wildman–Crippen MR) is 44.9 cm³/mol. The highest BCUT2D eigenvalue weighted by Gasteiger charge is 2.41. The molecule has 1 heterocycles. The second-order valence-corrected chi connectivity index (χ2v) is 3.01. The molecule has 0 aromatic heterocycles. The van der Waals surface area contributed by atoms with Crippen molar-refractivity contribution >= 4 is 0 Å². The van der Waals surface area contributed by atoms with E-state index >= 15 is 0 Å². The van der Waals surface area contributed by atoms with E-state index in [1.807, 2.05) is 0 Å². The molecule has 1 aliphatic rings. The Kier molecular flexibility index (Phi) is 3.64. The van der Waals surface area contributed by atoms with Crippen LogP contribution in [-0.2, 0) is 4.74 Å². The van der Waals surface area contributed by atoms with Gasteiger partial charge in [0.05, 0.1) is 12.6 Å². The Labute approximate surface area is 79.5 Å². The first-order valence-electron chi connectivity index (χ1n) is 4.04. The number of azide groups is 1. The van der Waals surface area contributed by atoms with E-state index in [1.165, 1.54) is 0 Å². The van der Waals surface area contributed by atoms with Crippen LogP contribution >= 0.6 is 0 Å². The molecule has 1 aliphatic heterocycles. The highest BCUT2D eigenvalue weighted by atomic mass is 16.5. The molecular weight excluding hydrogens is 192 g/mol. The van der Waals surface area contributed by atoms with Crippen LogP contribution in [0.2, 0.25) is 0 Å². The average molecular weight is 204 g/mol. The fourth-order valence-corrected chi connectivity index (χ4v) is 1.27. The standard InChI is InChI=1S/C6H12N4O4/c7-3-5(13)4(12)2(1-11)14-6(3)9-10-8/h2-6,11-13H,1,7H2/t2-,3-,4+,5-,6-/m1/s1. The Morgan fingerprint density at radius 1 is 1.43 bits per heavy atom. The van der Waals surface area contributed by atoms with Crippen LogP contribution in [0.5, 0.6) is 0 Å². The largest absolute Gasteiger partial charge is 0.394 e. The summed E-state index contributed by atoms with van der Waals surface area (Å²) in [4.78, 5) is 2.48. The van der Waals surface area contributed by atoms with Gasteiger partial charge in [0.15, 0.2) is 6.23 Å². The zero-order valence-corrected chi connectivity index (χ0v) is 7.26. The molecule has 80 valence electrons. The second-order valence-electron chi connectivity index (χ2n) is 3.01. The lowest BCUT2D eigenvalue weighted by atomic mass is 9.97. The van der Waals surface area contributed by atoms with E-state index < -0.39 is 37.2 Å². The summed E-state index contributed by atoms with van der Waals surface area (Å²) in [6.45, 7) is -0.484. The molecule has 8 nitrogen and oxygen atoms in total. The topological polar surface area (TPSA) is 145 Å². The van der Waals surface area contributed by atoms with Crippen molar-refractivity contribution < 1.29 is 20.1 Å². The van der Waals surface area contributed by atoms with Gasteiger partial charge in [-0.05, 0) is 5.53 Å². The molecule has 14 heavy (non-hydrogen) atoms. The molecule has 0 aromatic rings. The quantitative estimate of drug-likeness (QED) is 0.235. The molecule has 5 atom stereocenters. The molecule has 1 saturated heterocycles. The van der Waals surface area contributed by atoms with Gasteiger partial charge < -0.3 is 25.8 Å². The number of nitrogens with zero attached hydrogens (tertiary/aromatic N) is 3. The fourth-order valence-electron chi connectivity index (χ4n) is 1.27. The highest BCUT2D eigenvalue weighted by molar-refractivity contribution is 4.93. The molecule has 0 saturated carbocycles. The van der Waals surface area contributed by atoms with Crippen molar-refractivity contribution in [1.82, 2.24) is 0 Å². The highest BCUT2D eigenvalue weighted by Crippen LogP contribution is 2.20. The molecule has 0 amide bonds. The third kappa shape index (κ3) is 1.95. The van der Waals surface area contributed by atoms with Crippen LogP contribution in [0.3, 0.4) is 0 Å². The number of ether oxygens (including phenoxy) is 1. The molecule has 0 radical (unpaired) electrons. The predicted octanol–water partition coefficient (Wildman–Crippen LogP) is -1.94. The number of aliphatic hydroxyl groups is 3. The van der Waals surface area contributed by atoms with Crippen LogP contribution in [-0.4, -0.2) is 52.5 Å². The lowest BCUT2D eigenvalue weighted by Gasteiger charge is -2.38. The van der Waals surface area contributed by atoms with Crippen molar-refractivity contribution in [3.8, 4) is 0 Å². The van der Waals surface area contributed by atoms with Crippen LogP contribution in [0.15, 0.2) is 5.11 Å². The third-order valence-corrected chi connectivity index (χ3v) is 2.11. The van der Waals surface area contributed by atoms with Crippen LogP contribution in [0.4, 0.5) is 0 Å². The van der Waals surface area contributed by atoms with Gasteiger partial charge in [-0.2, -0.15) is 0 Å². The first-order chi connectivity index (χ1) is 6.61. The van der Waals surface area contributed by atoms with Gasteiger partial charge in [0.2, 0.25) is 0 Å². The van der Waals surface area contributed by atoms with Crippen molar-refractivity contribution in [3.63, 3.8) is 0 Å². The maximum Gasteiger partial charge on any atom is 0.154 e. The molecule has 0 aromatic carbocycles. The van der Waals surface area contributed by atoms with Gasteiger partial charge >= 0.3 is 0 Å². The normalized spacial score (nSPS) is 43.0. The summed E-state index contributed by atoms with van der Waals surface area (Å²) in [6, 6.07) is -0.997. The summed E-state index contributed by atoms with van der Waals surface area (Å²) in [6.07, 6.45) is -4.62. The van der Waals surface area contributed by atoms with E-state index in [1.54, 1.807) is 0 Å². The van der Waals surface area contributed by atoms with Crippen LogP contribution in [0.25, 0.3) is 10.4 Å². The Balaban J connectivity index is 2.77. The zero-order valence-electron chi connectivity index (χ0n) is 7.26. The lowest BCUT2D eigenvalue weighted by Crippen LogP contribution is -2.61. The maximum atomic E-state index is 9.40. The molecular formula is C6H12N4O4. The van der Waals surface area contributed by atoms with Gasteiger partial charge in [0.25, 0.3) is 0 Å². The van der Waals surface area contributed by atoms with Gasteiger partial charge in [-0.3, -0.25) is 0 Å². The van der Waals surface area contributed by atoms with E-state index in [0.717, 1.165) is 0 Å². The van der Waals surface area contributed by atoms with Crippen LogP contribution in [0.1, 0.15) is 0 Å². The fraction of sp³-hybridized carbons (Fsp3) is 1.00. The van der Waals surface area contributed by atoms with Gasteiger partial charge in [0, 0.05) is 4.91 Å². The first kappa shape index (κ1) is 11.2. The van der Waals surface area contributed by atoms with Crippen molar-refractivity contribution in [1.29, 1.82) is 0 Å². The molecule has 1 rings (SSSR count). The van der Waals surface area contributed by atoms with Gasteiger partial charge in [0.1, 0.15) is 18.3 Å². The molecule has 0 aliphatic carbocycles. The molecule has 0 unspecified atom stereocenters. The summed E-state index contributed by atoms with van der Waals surface area (Å²) < 4.78 is 4.97. The lowest BCUT2D eigenvalue weighted by molar-refractivity contribution is -0.186. The van der Waals surface area contributed by atoms with E-state index in [2.05, 4.69) is 10.0 Å². The summed E-state index contributed by atoms with van der Waals surface area (Å²) in [7, 11) is 0. The minimum absolute atomic E-state index is 0.484. The van der Waals surface area contributed by atoms with Crippen molar-refractivity contribution in [2.75, 3.05) is 6.61 Å². The first-order valence-corrected chi connectivity index (χ1v) is 4.04. The van der Waals surface area contributed by atoms with Crippen molar-refractivity contribution in [2.45, 2.75) is 30.6 Å². The summed E-state index contributed by atoms with van der Waals surface area (Å²) in [5.41, 5.74) is 13.6. The van der Waals surface area contributed by atoms with E-state index in [9.17, 15) is 10.2 Å². The number of nitrogens with two attached hydrogens (primary N) is 1. The molecule has 0 spiro atoms. The van der Waals surface area contributed by atoms with E-state index in [-0.39, 0.29) is 0 Å². The SMILES string of the molecule is [N-]=[N+]=N[C@@H]1O[C@H](CO)[C@H](O)[C@H](O)[C@H]1N. The number of aliphatic hydroxyl groups excluding tert-OH is 3. The van der Waals surface area contributed by atoms with Crippen LogP contribution < -0.4 is 5.73 Å². The monoisotopic (exact) mass is 204 g/mol. The zero-order chi connectivity index (χ0) is 10.7. The Morgan fingerprint density at radius 2 is 2.07 bits per heavy atom. The van der Waals surface area contributed by atoms with Crippen LogP contribution in [0, 0.1) is 0 Å². The minimum atomic E-state index is -1.28. The molecule has 1 fully saturated rings. The van der Waals surface area contributed by atoms with Crippen molar-refractivity contribution in [2.24, 2.45) is 10.8 Å². The third-order valence-electron chi connectivity index (χ3n) is 2.11. The van der Waals surface area contributed by atoms with Crippen molar-refractivity contribution in [3.05, 3.63) is 10.4 Å². The maximum absolute atomic E-state index is 9.40. The smallest absolute Gasteiger partial charge is 0.154 e. The Morgan fingerprint density at radius 3 is 2.57 bits per heavy atom. The second kappa shape index (κ2) is 4.56. The number of hydrogen-bond acceptors (Lipinski definition) is 6. The van der Waals surface area contributed by atoms with Gasteiger partial charge in [-0.1, -0.05) is 5.11 Å². The molecule has 8 heteroatoms. The number of rotatable bonds is 2. The molecule has 5 N–H and O–H groups in total. The molecule has 0 bridgehead atoms. The Hall–Kier alpha value is -0.890. The van der Waals surface area contributed by atoms with E-state index in [4.69, 9.17) is 21.1 Å².